The number of halogens is 2. The second-order valence-corrected chi connectivity index (χ2v) is 3.39. The first kappa shape index (κ1) is 10.5. The molecule has 0 spiro atoms. The number of hydrogen-bond donors (Lipinski definition) is 1. The smallest absolute Gasteiger partial charge is 0.168 e. The molecule has 0 unspecified atom stereocenters. The monoisotopic (exact) mass is 221 g/mol. The van der Waals surface area contributed by atoms with Crippen molar-refractivity contribution in [2.24, 2.45) is 0 Å². The van der Waals surface area contributed by atoms with Crippen LogP contribution in [0.25, 0.3) is 11.3 Å². The van der Waals surface area contributed by atoms with E-state index in [1.54, 1.807) is 0 Å². The third-order valence-corrected chi connectivity index (χ3v) is 2.24. The summed E-state index contributed by atoms with van der Waals surface area (Å²) in [5.41, 5.74) is 6.05. The summed E-state index contributed by atoms with van der Waals surface area (Å²) in [5, 5.41) is 0. The number of aryl methyl sites for hydroxylation is 1. The molecule has 3 nitrogen and oxygen atoms in total. The molecule has 2 aromatic rings. The quantitative estimate of drug-likeness (QED) is 0.803. The van der Waals surface area contributed by atoms with Crippen LogP contribution in [0.15, 0.2) is 24.5 Å². The van der Waals surface area contributed by atoms with Gasteiger partial charge in [0.05, 0.1) is 5.69 Å². The lowest BCUT2D eigenvalue weighted by atomic mass is 10.1. The highest BCUT2D eigenvalue weighted by Gasteiger charge is 2.13. The molecule has 1 aromatic carbocycles. The van der Waals surface area contributed by atoms with Gasteiger partial charge in [0.25, 0.3) is 0 Å². The second-order valence-electron chi connectivity index (χ2n) is 3.39. The molecule has 16 heavy (non-hydrogen) atoms. The maximum Gasteiger partial charge on any atom is 0.168 e. The molecule has 0 saturated heterocycles. The van der Waals surface area contributed by atoms with Crippen molar-refractivity contribution < 1.29 is 8.78 Å². The molecule has 0 fully saturated rings. The van der Waals surface area contributed by atoms with Crippen molar-refractivity contribution in [3.63, 3.8) is 0 Å². The molecule has 1 aromatic heterocycles. The van der Waals surface area contributed by atoms with E-state index in [2.05, 4.69) is 9.97 Å². The maximum absolute atomic E-state index is 13.6. The average Bonchev–Trinajstić information content (AvgIpc) is 2.26. The molecule has 2 rings (SSSR count). The Hall–Kier alpha value is -2.04. The summed E-state index contributed by atoms with van der Waals surface area (Å²) in [6, 6.07) is 4.36. The largest absolute Gasteiger partial charge is 0.384 e. The molecule has 5 heteroatoms. The topological polar surface area (TPSA) is 51.8 Å². The fourth-order valence-corrected chi connectivity index (χ4v) is 1.36. The van der Waals surface area contributed by atoms with Gasteiger partial charge < -0.3 is 5.73 Å². The zero-order valence-corrected chi connectivity index (χ0v) is 8.54. The number of nitrogens with two attached hydrogens (primary N) is 1. The lowest BCUT2D eigenvalue weighted by molar-refractivity contribution is 0.505. The maximum atomic E-state index is 13.6. The molecular formula is C11H9F2N3. The van der Waals surface area contributed by atoms with Crippen molar-refractivity contribution in [3.8, 4) is 11.3 Å². The van der Waals surface area contributed by atoms with Crippen LogP contribution in [0.2, 0.25) is 0 Å². The summed E-state index contributed by atoms with van der Waals surface area (Å²) >= 11 is 0. The standard InChI is InChI=1S/C11H9F2N3/c1-6-2-3-7(11(13)10(6)12)8-4-9(14)16-5-15-8/h2-5H,1H3,(H2,14,15,16). The van der Waals surface area contributed by atoms with Crippen LogP contribution in [-0.4, -0.2) is 9.97 Å². The van der Waals surface area contributed by atoms with Crippen molar-refractivity contribution in [2.75, 3.05) is 5.73 Å². The van der Waals surface area contributed by atoms with E-state index in [0.29, 0.717) is 0 Å². The van der Waals surface area contributed by atoms with E-state index in [1.165, 1.54) is 31.5 Å². The van der Waals surface area contributed by atoms with E-state index in [-0.39, 0.29) is 22.6 Å². The lowest BCUT2D eigenvalue weighted by Gasteiger charge is -2.05. The first-order valence-corrected chi connectivity index (χ1v) is 4.62. The fourth-order valence-electron chi connectivity index (χ4n) is 1.36. The lowest BCUT2D eigenvalue weighted by Crippen LogP contribution is -1.97. The molecule has 0 saturated carbocycles. The van der Waals surface area contributed by atoms with Gasteiger partial charge in [0.2, 0.25) is 0 Å². The third-order valence-electron chi connectivity index (χ3n) is 2.24. The van der Waals surface area contributed by atoms with E-state index in [0.717, 1.165) is 0 Å². The zero-order valence-electron chi connectivity index (χ0n) is 8.54. The summed E-state index contributed by atoms with van der Waals surface area (Å²) in [6.07, 6.45) is 1.21. The minimum atomic E-state index is -0.918. The Balaban J connectivity index is 2.61. The van der Waals surface area contributed by atoms with E-state index < -0.39 is 11.6 Å². The number of benzene rings is 1. The highest BCUT2D eigenvalue weighted by molar-refractivity contribution is 5.62. The van der Waals surface area contributed by atoms with Crippen molar-refractivity contribution in [2.45, 2.75) is 6.92 Å². The van der Waals surface area contributed by atoms with Crippen LogP contribution in [0.1, 0.15) is 5.56 Å². The van der Waals surface area contributed by atoms with E-state index in [1.807, 2.05) is 0 Å². The van der Waals surface area contributed by atoms with Crippen molar-refractivity contribution in [1.82, 2.24) is 9.97 Å². The number of hydrogen-bond acceptors (Lipinski definition) is 3. The van der Waals surface area contributed by atoms with Gasteiger partial charge in [-0.05, 0) is 18.6 Å². The molecule has 0 aliphatic heterocycles. The van der Waals surface area contributed by atoms with Gasteiger partial charge in [-0.1, -0.05) is 6.07 Å². The second kappa shape index (κ2) is 3.84. The van der Waals surface area contributed by atoms with Crippen LogP contribution in [0.4, 0.5) is 14.6 Å². The fraction of sp³-hybridized carbons (Fsp3) is 0.0909. The minimum Gasteiger partial charge on any atom is -0.384 e. The molecule has 0 atom stereocenters. The van der Waals surface area contributed by atoms with Gasteiger partial charge in [0.1, 0.15) is 12.1 Å². The predicted octanol–water partition coefficient (Wildman–Crippen LogP) is 2.31. The molecule has 0 amide bonds. The number of rotatable bonds is 1. The summed E-state index contributed by atoms with van der Waals surface area (Å²) in [7, 11) is 0. The molecule has 2 N–H and O–H groups in total. The summed E-state index contributed by atoms with van der Waals surface area (Å²) < 4.78 is 26.9. The van der Waals surface area contributed by atoms with Crippen LogP contribution in [0.3, 0.4) is 0 Å². The van der Waals surface area contributed by atoms with E-state index in [4.69, 9.17) is 5.73 Å². The first-order chi connectivity index (χ1) is 7.59. The Kier molecular flexibility index (Phi) is 2.52. The molecule has 82 valence electrons. The minimum absolute atomic E-state index is 0.0807. The summed E-state index contributed by atoms with van der Waals surface area (Å²) in [5.74, 6) is -1.57. The average molecular weight is 221 g/mol. The molecule has 1 heterocycles. The van der Waals surface area contributed by atoms with Crippen molar-refractivity contribution in [3.05, 3.63) is 41.7 Å². The van der Waals surface area contributed by atoms with Gasteiger partial charge >= 0.3 is 0 Å². The highest BCUT2D eigenvalue weighted by atomic mass is 19.2. The Morgan fingerprint density at radius 1 is 1.12 bits per heavy atom. The first-order valence-electron chi connectivity index (χ1n) is 4.62. The predicted molar refractivity (Wildman–Crippen MR) is 56.5 cm³/mol. The van der Waals surface area contributed by atoms with Gasteiger partial charge in [0, 0.05) is 11.6 Å². The van der Waals surface area contributed by atoms with Crippen molar-refractivity contribution >= 4 is 5.82 Å². The SMILES string of the molecule is Cc1ccc(-c2cc(N)ncn2)c(F)c1F. The third kappa shape index (κ3) is 1.71. The van der Waals surface area contributed by atoms with Crippen LogP contribution in [0.5, 0.6) is 0 Å². The number of nitrogen functional groups attached to an aromatic ring is 1. The van der Waals surface area contributed by atoms with E-state index >= 15 is 0 Å². The van der Waals surface area contributed by atoms with Crippen molar-refractivity contribution in [1.29, 1.82) is 0 Å². The zero-order chi connectivity index (χ0) is 11.7. The summed E-state index contributed by atoms with van der Waals surface area (Å²) in [6.45, 7) is 1.50. The van der Waals surface area contributed by atoms with Crippen LogP contribution < -0.4 is 5.73 Å². The normalized spacial score (nSPS) is 10.4. The van der Waals surface area contributed by atoms with Gasteiger partial charge in [-0.25, -0.2) is 18.7 Å². The Morgan fingerprint density at radius 2 is 1.88 bits per heavy atom. The van der Waals surface area contributed by atoms with Crippen LogP contribution in [-0.2, 0) is 0 Å². The molecular weight excluding hydrogens is 212 g/mol. The number of anilines is 1. The number of aromatic nitrogens is 2. The van der Waals surface area contributed by atoms with E-state index in [9.17, 15) is 8.78 Å². The Morgan fingerprint density at radius 3 is 2.56 bits per heavy atom. The van der Waals surface area contributed by atoms with Gasteiger partial charge in [0.15, 0.2) is 11.6 Å². The Labute approximate surface area is 91.0 Å². The molecule has 0 radical (unpaired) electrons. The van der Waals surface area contributed by atoms with Gasteiger partial charge in [-0.2, -0.15) is 0 Å². The Bertz CT molecular complexity index is 541. The number of nitrogens with zero attached hydrogens (tertiary/aromatic N) is 2. The molecule has 0 bridgehead atoms. The van der Waals surface area contributed by atoms with Gasteiger partial charge in [-0.15, -0.1) is 0 Å². The van der Waals surface area contributed by atoms with Crippen LogP contribution in [0, 0.1) is 18.6 Å². The van der Waals surface area contributed by atoms with Gasteiger partial charge in [-0.3, -0.25) is 0 Å². The highest BCUT2D eigenvalue weighted by Crippen LogP contribution is 2.24. The molecule has 0 aliphatic rings. The van der Waals surface area contributed by atoms with Crippen LogP contribution >= 0.6 is 0 Å². The molecule has 0 aliphatic carbocycles. The summed E-state index contributed by atoms with van der Waals surface area (Å²) in [4.78, 5) is 7.53.